The first-order valence-corrected chi connectivity index (χ1v) is 9.60. The molecule has 1 saturated carbocycles. The molecule has 0 radical (unpaired) electrons. The van der Waals surface area contributed by atoms with Crippen molar-refractivity contribution in [3.63, 3.8) is 0 Å². The van der Waals surface area contributed by atoms with Gasteiger partial charge in [-0.15, -0.1) is 0 Å². The second-order valence-corrected chi connectivity index (χ2v) is 7.47. The summed E-state index contributed by atoms with van der Waals surface area (Å²) >= 11 is 0. The summed E-state index contributed by atoms with van der Waals surface area (Å²) in [5, 5.41) is 2.90. The molecule has 1 aromatic heterocycles. The number of aromatic nitrogens is 2. The summed E-state index contributed by atoms with van der Waals surface area (Å²) in [6, 6.07) is 5.42. The van der Waals surface area contributed by atoms with E-state index in [1.54, 1.807) is 11.2 Å². The molecule has 0 spiro atoms. The van der Waals surface area contributed by atoms with Crippen molar-refractivity contribution in [3.05, 3.63) is 61.0 Å². The number of imidazole rings is 1. The zero-order valence-electron chi connectivity index (χ0n) is 15.8. The quantitative estimate of drug-likeness (QED) is 0.777. The van der Waals surface area contributed by atoms with E-state index in [0.717, 1.165) is 40.7 Å². The lowest BCUT2D eigenvalue weighted by Crippen LogP contribution is -2.34. The number of nitrogens with zero attached hydrogens (tertiary/aromatic N) is 2. The third-order valence-corrected chi connectivity index (χ3v) is 5.67. The van der Waals surface area contributed by atoms with Gasteiger partial charge in [0.2, 0.25) is 0 Å². The van der Waals surface area contributed by atoms with Crippen molar-refractivity contribution >= 4 is 28.5 Å². The lowest BCUT2D eigenvalue weighted by atomic mass is 9.83. The van der Waals surface area contributed by atoms with Crippen LogP contribution in [0.1, 0.15) is 25.7 Å². The number of allylic oxidation sites excluding steroid dienone is 2. The normalized spacial score (nSPS) is 20.9. The Morgan fingerprint density at radius 1 is 1.14 bits per heavy atom. The number of urea groups is 1. The Labute approximate surface area is 164 Å². The number of anilines is 1. The molecule has 2 fully saturated rings. The highest BCUT2D eigenvalue weighted by molar-refractivity contribution is 5.97. The summed E-state index contributed by atoms with van der Waals surface area (Å²) in [5.41, 5.74) is 4.42. The molecule has 1 aromatic carbocycles. The Balaban J connectivity index is 1.48. The zero-order chi connectivity index (χ0) is 19.7. The van der Waals surface area contributed by atoms with Crippen molar-refractivity contribution in [2.75, 3.05) is 11.4 Å². The second-order valence-electron chi connectivity index (χ2n) is 7.47. The highest BCUT2D eigenvalue weighted by Gasteiger charge is 2.33. The molecule has 2 N–H and O–H groups in total. The monoisotopic (exact) mass is 376 g/mol. The maximum atomic E-state index is 12.5. The van der Waals surface area contributed by atoms with E-state index in [1.165, 1.54) is 0 Å². The molecule has 2 heterocycles. The van der Waals surface area contributed by atoms with Crippen LogP contribution in [0.5, 0.6) is 0 Å². The van der Waals surface area contributed by atoms with Crippen molar-refractivity contribution in [2.24, 2.45) is 5.92 Å². The molecule has 1 unspecified atom stereocenters. The molecule has 1 aliphatic carbocycles. The molecule has 1 atom stereocenters. The van der Waals surface area contributed by atoms with Crippen LogP contribution in [-0.4, -0.2) is 34.4 Å². The first kappa shape index (κ1) is 18.2. The largest absolute Gasteiger partial charge is 0.345 e. The number of ketones is 1. The molecule has 6 nitrogen and oxygen atoms in total. The van der Waals surface area contributed by atoms with Crippen LogP contribution >= 0.6 is 0 Å². The molecular weight excluding hydrogens is 352 g/mol. The van der Waals surface area contributed by atoms with Crippen molar-refractivity contribution in [2.45, 2.75) is 31.7 Å². The Morgan fingerprint density at radius 3 is 2.68 bits per heavy atom. The van der Waals surface area contributed by atoms with E-state index in [-0.39, 0.29) is 12.1 Å². The Morgan fingerprint density at radius 2 is 1.89 bits per heavy atom. The second kappa shape index (κ2) is 7.46. The Hall–Kier alpha value is -3.15. The fourth-order valence-corrected chi connectivity index (χ4v) is 3.94. The van der Waals surface area contributed by atoms with E-state index in [4.69, 9.17) is 0 Å². The minimum atomic E-state index is -0.162. The van der Waals surface area contributed by atoms with Gasteiger partial charge in [-0.2, -0.15) is 0 Å². The van der Waals surface area contributed by atoms with Gasteiger partial charge in [0.05, 0.1) is 23.4 Å². The number of benzene rings is 1. The van der Waals surface area contributed by atoms with Crippen molar-refractivity contribution in [1.29, 1.82) is 0 Å². The Kier molecular flexibility index (Phi) is 4.86. The van der Waals surface area contributed by atoms with Crippen LogP contribution < -0.4 is 10.2 Å². The predicted octanol–water partition coefficient (Wildman–Crippen LogP) is 3.89. The SMILES string of the molecule is C=C(/C=C\C(=C)C1CNC(=O)N1c1ccc2nc[nH]c2c1)C1CCC(=O)CC1. The van der Waals surface area contributed by atoms with Gasteiger partial charge in [-0.05, 0) is 42.5 Å². The molecule has 0 bridgehead atoms. The molecule has 1 saturated heterocycles. The Bertz CT molecular complexity index is 977. The summed E-state index contributed by atoms with van der Waals surface area (Å²) in [6.45, 7) is 8.88. The molecule has 28 heavy (non-hydrogen) atoms. The van der Waals surface area contributed by atoms with E-state index in [9.17, 15) is 9.59 Å². The van der Waals surface area contributed by atoms with Crippen LogP contribution in [-0.2, 0) is 4.79 Å². The molecule has 2 amide bonds. The van der Waals surface area contributed by atoms with Gasteiger partial charge in [-0.25, -0.2) is 9.78 Å². The van der Waals surface area contributed by atoms with Crippen LogP contribution in [0.4, 0.5) is 10.5 Å². The average Bonchev–Trinajstić information content (AvgIpc) is 3.32. The predicted molar refractivity (Wildman–Crippen MR) is 110 cm³/mol. The van der Waals surface area contributed by atoms with Crippen LogP contribution in [0.15, 0.2) is 61.0 Å². The number of rotatable bonds is 5. The van der Waals surface area contributed by atoms with Crippen LogP contribution in [0.3, 0.4) is 0 Å². The molecule has 2 aliphatic rings. The molecule has 6 heteroatoms. The number of amides is 2. The van der Waals surface area contributed by atoms with Crippen molar-refractivity contribution in [1.82, 2.24) is 15.3 Å². The molecular formula is C22H24N4O2. The van der Waals surface area contributed by atoms with Gasteiger partial charge in [0.1, 0.15) is 5.78 Å². The smallest absolute Gasteiger partial charge is 0.322 e. The first-order valence-electron chi connectivity index (χ1n) is 9.60. The molecule has 2 aromatic rings. The van der Waals surface area contributed by atoms with Gasteiger partial charge in [-0.3, -0.25) is 9.69 Å². The number of hydrogen-bond donors (Lipinski definition) is 2. The lowest BCUT2D eigenvalue weighted by molar-refractivity contribution is -0.120. The molecule has 1 aliphatic heterocycles. The third kappa shape index (κ3) is 3.50. The van der Waals surface area contributed by atoms with Gasteiger partial charge in [-0.1, -0.05) is 30.9 Å². The first-order chi connectivity index (χ1) is 13.5. The number of fused-ring (bicyclic) bond motifs is 1. The van der Waals surface area contributed by atoms with Crippen LogP contribution in [0.2, 0.25) is 0 Å². The number of carbonyl (C=O) groups excluding carboxylic acids is 2. The summed E-state index contributed by atoms with van der Waals surface area (Å²) < 4.78 is 0. The van der Waals surface area contributed by atoms with E-state index in [1.807, 2.05) is 30.4 Å². The van der Waals surface area contributed by atoms with Crippen molar-refractivity contribution < 1.29 is 9.59 Å². The summed E-state index contributed by atoms with van der Waals surface area (Å²) in [5.74, 6) is 0.696. The van der Waals surface area contributed by atoms with Crippen molar-refractivity contribution in [3.8, 4) is 0 Å². The maximum absolute atomic E-state index is 12.5. The minimum Gasteiger partial charge on any atom is -0.345 e. The lowest BCUT2D eigenvalue weighted by Gasteiger charge is -2.24. The van der Waals surface area contributed by atoms with Gasteiger partial charge in [0, 0.05) is 25.1 Å². The summed E-state index contributed by atoms with van der Waals surface area (Å²) in [4.78, 5) is 32.9. The third-order valence-electron chi connectivity index (χ3n) is 5.67. The highest BCUT2D eigenvalue weighted by atomic mass is 16.2. The number of nitrogens with one attached hydrogen (secondary N) is 2. The van der Waals surface area contributed by atoms with Crippen LogP contribution in [0, 0.1) is 5.92 Å². The standard InChI is InChI=1S/C22H24N4O2/c1-14(16-5-8-18(27)9-6-16)3-4-15(2)21-12-23-22(28)26(21)17-7-10-19-20(11-17)25-13-24-19/h3-4,7,10-11,13,16,21H,1-2,5-6,8-9,12H2,(H,23,28)(H,24,25)/b4-3-. The molecule has 4 rings (SSSR count). The van der Waals surface area contributed by atoms with Gasteiger partial charge in [0.15, 0.2) is 0 Å². The number of carbonyl (C=O) groups is 2. The highest BCUT2D eigenvalue weighted by Crippen LogP contribution is 2.30. The number of H-pyrrole nitrogens is 1. The molecule has 144 valence electrons. The van der Waals surface area contributed by atoms with E-state index in [0.29, 0.717) is 31.1 Å². The van der Waals surface area contributed by atoms with Gasteiger partial charge in [0.25, 0.3) is 0 Å². The fourth-order valence-electron chi connectivity index (χ4n) is 3.94. The summed E-state index contributed by atoms with van der Waals surface area (Å²) in [7, 11) is 0. The van der Waals surface area contributed by atoms with Gasteiger partial charge < -0.3 is 10.3 Å². The van der Waals surface area contributed by atoms with Crippen LogP contribution in [0.25, 0.3) is 11.0 Å². The average molecular weight is 376 g/mol. The van der Waals surface area contributed by atoms with E-state index in [2.05, 4.69) is 28.4 Å². The van der Waals surface area contributed by atoms with Gasteiger partial charge >= 0.3 is 6.03 Å². The summed E-state index contributed by atoms with van der Waals surface area (Å²) in [6.07, 6.45) is 8.60. The number of aromatic amines is 1. The van der Waals surface area contributed by atoms with E-state index >= 15 is 0 Å². The zero-order valence-corrected chi connectivity index (χ0v) is 15.8. The maximum Gasteiger partial charge on any atom is 0.322 e. The van der Waals surface area contributed by atoms with E-state index < -0.39 is 0 Å². The number of hydrogen-bond acceptors (Lipinski definition) is 3. The number of Topliss-reactive ketones (excluding diaryl/α,β-unsaturated/α-hetero) is 1. The minimum absolute atomic E-state index is 0.136. The topological polar surface area (TPSA) is 78.1 Å². The fraction of sp³-hybridized carbons (Fsp3) is 0.318.